The molecule has 9 unspecified atom stereocenters. The first kappa shape index (κ1) is 40.6. The largest absolute Gasteiger partial charge is 0.508 e. The van der Waals surface area contributed by atoms with Crippen LogP contribution >= 0.6 is 0 Å². The standard InChI is InChI=1S/C47H36O19/c48-18-10-26(55)34-30(11-18)65-47(17-3-6-22(51)25(54)9-17)46(61)39(34)37-31(66-47)14-28(57)36-38(41(60)43(64-45(36)37)16-2-5-21(50)24(53)8-16)35-27(56)13-29-33-19(12-32(58)62-29)40(59)42(63-44(33)35)15-1-4-20(49)23(52)7-15/h1-11,13-14,19,38-43,46,48-57,59-61H,12H2. The molecule has 0 fully saturated rings. The molecule has 66 heavy (non-hydrogen) atoms. The Morgan fingerprint density at radius 3 is 1.58 bits per heavy atom. The zero-order valence-electron chi connectivity index (χ0n) is 33.6. The highest BCUT2D eigenvalue weighted by molar-refractivity contribution is 5.80. The molecular weight excluding hydrogens is 868 g/mol. The second-order valence-electron chi connectivity index (χ2n) is 16.8. The van der Waals surface area contributed by atoms with Crippen molar-refractivity contribution >= 4 is 5.97 Å². The highest BCUT2D eigenvalue weighted by Crippen LogP contribution is 2.66. The number of aliphatic hydroxyl groups is 3. The number of benzene rings is 6. The third kappa shape index (κ3) is 5.63. The van der Waals surface area contributed by atoms with Crippen LogP contribution in [-0.4, -0.2) is 90.7 Å². The number of aromatic hydroxyl groups is 10. The molecule has 13 N–H and O–H groups in total. The van der Waals surface area contributed by atoms with Gasteiger partial charge < -0.3 is 90.1 Å². The Labute approximate surface area is 370 Å². The van der Waals surface area contributed by atoms with Crippen LogP contribution in [0.3, 0.4) is 0 Å². The van der Waals surface area contributed by atoms with Crippen molar-refractivity contribution in [1.29, 1.82) is 0 Å². The first-order chi connectivity index (χ1) is 31.4. The Morgan fingerprint density at radius 1 is 0.470 bits per heavy atom. The van der Waals surface area contributed by atoms with Gasteiger partial charge in [0, 0.05) is 63.6 Å². The molecule has 6 aromatic rings. The summed E-state index contributed by atoms with van der Waals surface area (Å²) in [5.41, 5.74) is -0.530. The molecular formula is C47H36O19. The smallest absolute Gasteiger partial charge is 0.311 e. The zero-order valence-corrected chi connectivity index (χ0v) is 33.6. The van der Waals surface area contributed by atoms with E-state index in [4.69, 9.17) is 23.7 Å². The minimum Gasteiger partial charge on any atom is -0.508 e. The predicted molar refractivity (Wildman–Crippen MR) is 220 cm³/mol. The maximum atomic E-state index is 13.0. The van der Waals surface area contributed by atoms with Crippen molar-refractivity contribution in [2.75, 3.05) is 0 Å². The molecule has 9 atom stereocenters. The van der Waals surface area contributed by atoms with E-state index in [0.717, 1.165) is 60.7 Å². The summed E-state index contributed by atoms with van der Waals surface area (Å²) >= 11 is 0. The number of hydrogen-bond donors (Lipinski definition) is 13. The molecule has 6 aromatic carbocycles. The fraction of sp³-hybridized carbons (Fsp3) is 0.213. The quantitative estimate of drug-likeness (QED) is 0.0663. The number of carbonyl (C=O) groups is 1. The Hall–Kier alpha value is -8.13. The zero-order chi connectivity index (χ0) is 46.4. The lowest BCUT2D eigenvalue weighted by Crippen LogP contribution is -2.57. The van der Waals surface area contributed by atoms with E-state index in [1.54, 1.807) is 0 Å². The number of phenols is 10. The minimum atomic E-state index is -2.33. The van der Waals surface area contributed by atoms with Crippen molar-refractivity contribution in [3.63, 3.8) is 0 Å². The predicted octanol–water partition coefficient (Wildman–Crippen LogP) is 4.39. The van der Waals surface area contributed by atoms with Gasteiger partial charge in [-0.25, -0.2) is 0 Å². The van der Waals surface area contributed by atoms with Crippen LogP contribution in [0.15, 0.2) is 78.9 Å². The average molecular weight is 905 g/mol. The van der Waals surface area contributed by atoms with Gasteiger partial charge in [0.25, 0.3) is 0 Å². The lowest BCUT2D eigenvalue weighted by molar-refractivity contribution is -0.219. The van der Waals surface area contributed by atoms with Gasteiger partial charge in [-0.15, -0.1) is 0 Å². The fourth-order valence-corrected chi connectivity index (χ4v) is 10.1. The first-order valence-electron chi connectivity index (χ1n) is 20.3. The summed E-state index contributed by atoms with van der Waals surface area (Å²) in [7, 11) is 0. The summed E-state index contributed by atoms with van der Waals surface area (Å²) in [6.45, 7) is 0. The molecule has 0 aliphatic carbocycles. The van der Waals surface area contributed by atoms with Gasteiger partial charge in [-0.3, -0.25) is 4.79 Å². The maximum Gasteiger partial charge on any atom is 0.311 e. The van der Waals surface area contributed by atoms with Crippen LogP contribution in [0.25, 0.3) is 0 Å². The van der Waals surface area contributed by atoms with Crippen LogP contribution in [0, 0.1) is 0 Å². The van der Waals surface area contributed by atoms with Crippen molar-refractivity contribution in [1.82, 2.24) is 0 Å². The number of phenolic OH excluding ortho intramolecular Hbond substituents is 10. The minimum absolute atomic E-state index is 0.0311. The van der Waals surface area contributed by atoms with Gasteiger partial charge in [-0.2, -0.15) is 0 Å². The van der Waals surface area contributed by atoms with Crippen LogP contribution in [0.1, 0.15) is 80.9 Å². The van der Waals surface area contributed by atoms with E-state index in [1.165, 1.54) is 18.2 Å². The molecule has 0 aromatic heterocycles. The Morgan fingerprint density at radius 2 is 0.985 bits per heavy atom. The molecule has 19 nitrogen and oxygen atoms in total. The third-order valence-electron chi connectivity index (χ3n) is 13.1. The van der Waals surface area contributed by atoms with E-state index in [0.29, 0.717) is 0 Å². The van der Waals surface area contributed by atoms with E-state index >= 15 is 0 Å². The van der Waals surface area contributed by atoms with Gasteiger partial charge in [0.15, 0.2) is 46.7 Å². The molecule has 5 heterocycles. The third-order valence-corrected chi connectivity index (χ3v) is 13.1. The number of esters is 1. The van der Waals surface area contributed by atoms with Crippen molar-refractivity contribution < 1.29 is 94.9 Å². The molecule has 0 saturated carbocycles. The van der Waals surface area contributed by atoms with Gasteiger partial charge in [0.1, 0.15) is 70.1 Å². The van der Waals surface area contributed by atoms with Gasteiger partial charge in [0.05, 0.1) is 18.3 Å². The van der Waals surface area contributed by atoms with Crippen molar-refractivity contribution in [2.45, 2.75) is 60.5 Å². The summed E-state index contributed by atoms with van der Waals surface area (Å²) in [5, 5.41) is 146. The highest BCUT2D eigenvalue weighted by Gasteiger charge is 2.61. The topological polar surface area (TPSA) is 326 Å². The van der Waals surface area contributed by atoms with Crippen LogP contribution < -0.4 is 23.7 Å². The summed E-state index contributed by atoms with van der Waals surface area (Å²) in [6.07, 6.45) is -8.66. The fourth-order valence-electron chi connectivity index (χ4n) is 10.1. The van der Waals surface area contributed by atoms with Crippen LogP contribution in [0.5, 0.6) is 86.2 Å². The van der Waals surface area contributed by atoms with Crippen molar-refractivity contribution in [3.8, 4) is 86.2 Å². The van der Waals surface area contributed by atoms with E-state index in [2.05, 4.69) is 0 Å². The van der Waals surface area contributed by atoms with E-state index in [1.807, 2.05) is 0 Å². The lowest BCUT2D eigenvalue weighted by atomic mass is 9.71. The number of hydrogen-bond acceptors (Lipinski definition) is 19. The summed E-state index contributed by atoms with van der Waals surface area (Å²) in [6, 6.07) is 14.9. The van der Waals surface area contributed by atoms with Gasteiger partial charge in [-0.05, 0) is 53.6 Å². The van der Waals surface area contributed by atoms with Crippen LogP contribution in [-0.2, 0) is 10.6 Å². The second kappa shape index (κ2) is 13.9. The molecule has 5 aliphatic rings. The summed E-state index contributed by atoms with van der Waals surface area (Å²) < 4.78 is 31.4. The van der Waals surface area contributed by atoms with Gasteiger partial charge in [-0.1, -0.05) is 12.1 Å². The molecule has 2 bridgehead atoms. The summed E-state index contributed by atoms with van der Waals surface area (Å²) in [5.74, 6) is -14.2. The maximum absolute atomic E-state index is 13.0. The van der Waals surface area contributed by atoms with E-state index < -0.39 is 124 Å². The summed E-state index contributed by atoms with van der Waals surface area (Å²) in [4.78, 5) is 13.0. The number of rotatable bonds is 4. The van der Waals surface area contributed by atoms with Gasteiger partial charge in [0.2, 0.25) is 0 Å². The Kier molecular flexibility index (Phi) is 8.58. The normalized spacial score (nSPS) is 26.4. The monoisotopic (exact) mass is 904 g/mol. The van der Waals surface area contributed by atoms with Crippen LogP contribution in [0.2, 0.25) is 0 Å². The molecule has 0 saturated heterocycles. The van der Waals surface area contributed by atoms with Crippen molar-refractivity contribution in [3.05, 3.63) is 123 Å². The van der Waals surface area contributed by atoms with Crippen LogP contribution in [0.4, 0.5) is 0 Å². The lowest BCUT2D eigenvalue weighted by Gasteiger charge is -2.51. The number of aliphatic hydroxyl groups excluding tert-OH is 3. The highest BCUT2D eigenvalue weighted by atomic mass is 16.7. The molecule has 5 aliphatic heterocycles. The number of ether oxygens (including phenoxy) is 5. The first-order valence-corrected chi connectivity index (χ1v) is 20.3. The molecule has 0 amide bonds. The molecule has 338 valence electrons. The Balaban J connectivity index is 1.19. The number of carbonyl (C=O) groups excluding carboxylic acids is 1. The second-order valence-corrected chi connectivity index (χ2v) is 16.8. The number of fused-ring (bicyclic) bond motifs is 8. The van der Waals surface area contributed by atoms with Crippen molar-refractivity contribution in [2.24, 2.45) is 0 Å². The molecule has 0 spiro atoms. The van der Waals surface area contributed by atoms with Gasteiger partial charge >= 0.3 is 11.8 Å². The molecule has 0 radical (unpaired) electrons. The molecule has 11 rings (SSSR count). The van der Waals surface area contributed by atoms with E-state index in [9.17, 15) is 71.2 Å². The Bertz CT molecular complexity index is 3090. The average Bonchev–Trinajstić information content (AvgIpc) is 3.25. The SMILES string of the molecule is O=C1CC2c3c(cc(O)c(C4c5c(O)cc6c(c5OC(c5ccc(O)c(O)c5)C4O)C4c5c(O)cc(O)cc5OC(c5ccc(O)c(O)c5)(O6)C4O)c3OC(c3ccc(O)c(O)c3)C2O)O1. The molecule has 19 heteroatoms. The van der Waals surface area contributed by atoms with E-state index in [-0.39, 0.29) is 73.3 Å².